The Hall–Kier alpha value is -5.77. The predicted octanol–water partition coefficient (Wildman–Crippen LogP) is 3.05. The molecule has 0 atom stereocenters. The van der Waals surface area contributed by atoms with Crippen molar-refractivity contribution in [2.75, 3.05) is 64.0 Å². The van der Waals surface area contributed by atoms with Crippen molar-refractivity contribution >= 4 is 40.6 Å². The molecule has 0 bridgehead atoms. The largest absolute Gasteiger partial charge is 0.491 e. The molecule has 2 aliphatic rings. The minimum absolute atomic E-state index is 0.00968. The number of nitrogens with zero attached hydrogens (tertiary/aromatic N) is 7. The maximum atomic E-state index is 13.0. The number of piperazine rings is 1. The molecule has 3 N–H and O–H groups in total. The maximum absolute atomic E-state index is 13.0. The lowest BCUT2D eigenvalue weighted by molar-refractivity contribution is -0.153. The fourth-order valence-electron chi connectivity index (χ4n) is 6.01. The number of nitrogens with two attached hydrogens (primary N) is 1. The molecule has 16 nitrogen and oxygen atoms in total. The molecule has 274 valence electrons. The zero-order valence-electron chi connectivity index (χ0n) is 29.8. The summed E-state index contributed by atoms with van der Waals surface area (Å²) in [6.45, 7) is 10.2. The molecule has 2 aliphatic heterocycles. The van der Waals surface area contributed by atoms with E-state index in [4.69, 9.17) is 29.7 Å². The molecule has 4 aromatic rings. The number of hydrogen-bond donors (Lipinski definition) is 2. The Balaban J connectivity index is 1.03. The second-order valence-corrected chi connectivity index (χ2v) is 13.3. The van der Waals surface area contributed by atoms with Crippen LogP contribution in [-0.2, 0) is 22.5 Å². The van der Waals surface area contributed by atoms with Gasteiger partial charge in [-0.15, -0.1) is 0 Å². The Morgan fingerprint density at radius 2 is 1.73 bits per heavy atom. The second kappa shape index (κ2) is 15.6. The van der Waals surface area contributed by atoms with Crippen molar-refractivity contribution in [1.29, 1.82) is 0 Å². The molecule has 1 fully saturated rings. The number of para-hydroxylation sites is 1. The fourth-order valence-corrected chi connectivity index (χ4v) is 6.01. The number of amides is 2. The number of benzene rings is 2. The third kappa shape index (κ3) is 8.57. The molecule has 0 radical (unpaired) electrons. The fraction of sp³-hybridized carbons (Fsp3) is 0.417. The lowest BCUT2D eigenvalue weighted by Crippen LogP contribution is -2.49. The van der Waals surface area contributed by atoms with Crippen molar-refractivity contribution in [2.45, 2.75) is 45.8 Å². The van der Waals surface area contributed by atoms with Crippen LogP contribution in [-0.4, -0.2) is 106 Å². The van der Waals surface area contributed by atoms with E-state index in [-0.39, 0.29) is 29.5 Å². The number of carbonyl (C=O) groups excluding carboxylic acids is 3. The topological polar surface area (TPSA) is 189 Å². The number of rotatable bonds is 10. The Labute approximate surface area is 300 Å². The summed E-state index contributed by atoms with van der Waals surface area (Å²) in [5, 5.41) is 4.17. The van der Waals surface area contributed by atoms with Crippen LogP contribution >= 0.6 is 0 Å². The summed E-state index contributed by atoms with van der Waals surface area (Å²) >= 11 is 0. The summed E-state index contributed by atoms with van der Waals surface area (Å²) in [5.41, 5.74) is 6.48. The van der Waals surface area contributed by atoms with E-state index in [1.54, 1.807) is 36.3 Å². The molecule has 4 heterocycles. The first-order valence-corrected chi connectivity index (χ1v) is 17.1. The van der Waals surface area contributed by atoms with Crippen LogP contribution in [0, 0.1) is 0 Å². The monoisotopic (exact) mass is 713 g/mol. The molecule has 0 aliphatic carbocycles. The van der Waals surface area contributed by atoms with Gasteiger partial charge in [0, 0.05) is 69.2 Å². The van der Waals surface area contributed by atoms with Crippen molar-refractivity contribution in [2.24, 2.45) is 4.99 Å². The summed E-state index contributed by atoms with van der Waals surface area (Å²) in [7, 11) is 1.55. The first-order chi connectivity index (χ1) is 25.0. The average Bonchev–Trinajstić information content (AvgIpc) is 3.61. The van der Waals surface area contributed by atoms with Crippen LogP contribution in [0.5, 0.6) is 17.2 Å². The Morgan fingerprint density at radius 1 is 0.981 bits per heavy atom. The van der Waals surface area contributed by atoms with E-state index in [0.29, 0.717) is 74.2 Å². The van der Waals surface area contributed by atoms with Crippen LogP contribution in [0.2, 0.25) is 0 Å². The van der Waals surface area contributed by atoms with E-state index in [1.165, 1.54) is 12.4 Å². The molecule has 52 heavy (non-hydrogen) atoms. The summed E-state index contributed by atoms with van der Waals surface area (Å²) < 4.78 is 25.0. The molecular weight excluding hydrogens is 670 g/mol. The van der Waals surface area contributed by atoms with Gasteiger partial charge in [0.2, 0.25) is 11.6 Å². The highest BCUT2D eigenvalue weighted by molar-refractivity contribution is 5.96. The van der Waals surface area contributed by atoms with E-state index in [2.05, 4.69) is 25.2 Å². The SMILES string of the molecule is COc1c(OCCCN2CCN(C(=O)Oc3ccccc3CC(=O)OC(C)(C)C)CC2)ccc2c3n(c(=NC(=O)c4cnc(N)nc4)nc12)CCN3. The molecule has 2 aromatic heterocycles. The van der Waals surface area contributed by atoms with Gasteiger partial charge in [-0.05, 0) is 45.4 Å². The summed E-state index contributed by atoms with van der Waals surface area (Å²) in [6, 6.07) is 10.8. The van der Waals surface area contributed by atoms with E-state index >= 15 is 0 Å². The normalized spacial score (nSPS) is 14.8. The summed E-state index contributed by atoms with van der Waals surface area (Å²) in [4.78, 5) is 59.1. The molecule has 6 rings (SSSR count). The van der Waals surface area contributed by atoms with Crippen LogP contribution in [0.4, 0.5) is 16.6 Å². The minimum atomic E-state index is -0.603. The number of anilines is 2. The third-order valence-corrected chi connectivity index (χ3v) is 8.46. The van der Waals surface area contributed by atoms with Gasteiger partial charge < -0.3 is 34.9 Å². The van der Waals surface area contributed by atoms with Crippen molar-refractivity contribution in [3.05, 3.63) is 65.5 Å². The number of carbonyl (C=O) groups is 3. The predicted molar refractivity (Wildman–Crippen MR) is 191 cm³/mol. The highest BCUT2D eigenvalue weighted by Crippen LogP contribution is 2.37. The van der Waals surface area contributed by atoms with Gasteiger partial charge in [-0.1, -0.05) is 18.2 Å². The number of ether oxygens (including phenoxy) is 4. The Bertz CT molecular complexity index is 2020. The maximum Gasteiger partial charge on any atom is 0.415 e. The van der Waals surface area contributed by atoms with Gasteiger partial charge in [-0.2, -0.15) is 4.99 Å². The van der Waals surface area contributed by atoms with Crippen LogP contribution < -0.4 is 30.9 Å². The smallest absolute Gasteiger partial charge is 0.415 e. The van der Waals surface area contributed by atoms with Gasteiger partial charge in [-0.25, -0.2) is 19.7 Å². The van der Waals surface area contributed by atoms with Crippen molar-refractivity contribution in [1.82, 2.24) is 29.3 Å². The van der Waals surface area contributed by atoms with Gasteiger partial charge in [0.1, 0.15) is 22.7 Å². The molecular formula is C36H43N9O7. The Morgan fingerprint density at radius 3 is 2.46 bits per heavy atom. The highest BCUT2D eigenvalue weighted by Gasteiger charge is 2.25. The minimum Gasteiger partial charge on any atom is -0.491 e. The molecule has 0 spiro atoms. The second-order valence-electron chi connectivity index (χ2n) is 13.3. The van der Waals surface area contributed by atoms with Crippen molar-refractivity contribution in [3.63, 3.8) is 0 Å². The number of methoxy groups -OCH3 is 1. The van der Waals surface area contributed by atoms with Crippen molar-refractivity contribution < 1.29 is 33.3 Å². The number of aromatic nitrogens is 4. The number of nitrogen functional groups attached to an aromatic ring is 1. The van der Waals surface area contributed by atoms with Gasteiger partial charge in [0.05, 0.1) is 25.7 Å². The van der Waals surface area contributed by atoms with Crippen molar-refractivity contribution in [3.8, 4) is 17.2 Å². The summed E-state index contributed by atoms with van der Waals surface area (Å²) in [5.74, 6) is 1.23. The Kier molecular flexibility index (Phi) is 10.8. The molecule has 0 unspecified atom stereocenters. The molecule has 2 aromatic carbocycles. The van der Waals surface area contributed by atoms with E-state index < -0.39 is 17.6 Å². The molecule has 1 saturated heterocycles. The highest BCUT2D eigenvalue weighted by atomic mass is 16.6. The average molecular weight is 714 g/mol. The zero-order chi connectivity index (χ0) is 36.8. The van der Waals surface area contributed by atoms with E-state index in [1.807, 2.05) is 37.5 Å². The number of hydrogen-bond acceptors (Lipinski definition) is 13. The number of nitrogens with one attached hydrogen (secondary N) is 1. The van der Waals surface area contributed by atoms with E-state index in [0.717, 1.165) is 24.2 Å². The van der Waals surface area contributed by atoms with E-state index in [9.17, 15) is 14.4 Å². The van der Waals surface area contributed by atoms with Gasteiger partial charge >= 0.3 is 12.1 Å². The van der Waals surface area contributed by atoms with Gasteiger partial charge in [-0.3, -0.25) is 19.1 Å². The quantitative estimate of drug-likeness (QED) is 0.180. The van der Waals surface area contributed by atoms with Crippen LogP contribution in [0.3, 0.4) is 0 Å². The number of fused-ring (bicyclic) bond motifs is 3. The first kappa shape index (κ1) is 36.0. The van der Waals surface area contributed by atoms with Crippen LogP contribution in [0.1, 0.15) is 43.1 Å². The third-order valence-electron chi connectivity index (χ3n) is 8.46. The standard InChI is InChI=1S/C36H43N9O7/c1-36(2,3)52-28(46)20-23-8-5-6-9-26(23)51-35(48)44-17-15-43(16-18-44)13-7-19-50-27-11-10-25-29(30(27)49-4)41-34(45-14-12-38-31(25)45)42-32(47)24-21-39-33(37)40-22-24/h5-6,8-11,21-22,38H,7,12-20H2,1-4H3,(H2,37,39,40). The zero-order valence-corrected chi connectivity index (χ0v) is 29.8. The summed E-state index contributed by atoms with van der Waals surface area (Å²) in [6.07, 6.45) is 2.96. The molecule has 0 saturated carbocycles. The number of esters is 1. The van der Waals surface area contributed by atoms with Crippen LogP contribution in [0.15, 0.2) is 53.8 Å². The van der Waals surface area contributed by atoms with Gasteiger partial charge in [0.15, 0.2) is 11.5 Å². The van der Waals surface area contributed by atoms with Gasteiger partial charge in [0.25, 0.3) is 5.91 Å². The lowest BCUT2D eigenvalue weighted by atomic mass is 10.1. The van der Waals surface area contributed by atoms with Crippen LogP contribution in [0.25, 0.3) is 10.9 Å². The molecule has 2 amide bonds. The molecule has 16 heteroatoms. The first-order valence-electron chi connectivity index (χ1n) is 17.1. The lowest BCUT2D eigenvalue weighted by Gasteiger charge is -2.34.